The highest BCUT2D eigenvalue weighted by Crippen LogP contribution is 2.22. The van der Waals surface area contributed by atoms with E-state index in [0.717, 1.165) is 19.4 Å². The van der Waals surface area contributed by atoms with Gasteiger partial charge in [0.2, 0.25) is 0 Å². The predicted molar refractivity (Wildman–Crippen MR) is 82.1 cm³/mol. The molecule has 22 heavy (non-hydrogen) atoms. The highest BCUT2D eigenvalue weighted by atomic mass is 35.5. The molecule has 3 rings (SSSR count). The van der Waals surface area contributed by atoms with E-state index in [2.05, 4.69) is 15.6 Å². The zero-order valence-electron chi connectivity index (χ0n) is 11.8. The van der Waals surface area contributed by atoms with Crippen molar-refractivity contribution in [3.63, 3.8) is 0 Å². The van der Waals surface area contributed by atoms with Gasteiger partial charge in [0.15, 0.2) is 11.5 Å². The minimum absolute atomic E-state index is 0.0591. The van der Waals surface area contributed by atoms with Crippen molar-refractivity contribution in [2.75, 3.05) is 18.9 Å². The molecule has 1 atom stereocenters. The normalized spacial score (nSPS) is 17.6. The minimum atomic E-state index is -0.369. The summed E-state index contributed by atoms with van der Waals surface area (Å²) in [5.74, 6) is -0.218. The molecular formula is C14H16ClN5O2. The van der Waals surface area contributed by atoms with Gasteiger partial charge in [-0.1, -0.05) is 28.9 Å². The van der Waals surface area contributed by atoms with Crippen LogP contribution in [-0.4, -0.2) is 40.2 Å². The average molecular weight is 322 g/mol. The van der Waals surface area contributed by atoms with Crippen LogP contribution >= 0.6 is 11.6 Å². The van der Waals surface area contributed by atoms with E-state index < -0.39 is 0 Å². The molecule has 0 bridgehead atoms. The molecule has 0 aliphatic carbocycles. The first kappa shape index (κ1) is 14.8. The van der Waals surface area contributed by atoms with Crippen LogP contribution in [-0.2, 0) is 4.74 Å². The van der Waals surface area contributed by atoms with Crippen molar-refractivity contribution < 1.29 is 9.53 Å². The van der Waals surface area contributed by atoms with Crippen molar-refractivity contribution in [1.82, 2.24) is 20.3 Å². The summed E-state index contributed by atoms with van der Waals surface area (Å²) in [6, 6.07) is 7.07. The Morgan fingerprint density at radius 3 is 3.05 bits per heavy atom. The first-order valence-corrected chi connectivity index (χ1v) is 7.40. The van der Waals surface area contributed by atoms with Crippen molar-refractivity contribution in [3.05, 3.63) is 35.0 Å². The molecule has 1 unspecified atom stereocenters. The molecule has 8 heteroatoms. The van der Waals surface area contributed by atoms with Crippen molar-refractivity contribution in [2.45, 2.75) is 18.9 Å². The summed E-state index contributed by atoms with van der Waals surface area (Å²) in [6.45, 7) is 1.18. The number of para-hydroxylation sites is 1. The van der Waals surface area contributed by atoms with Gasteiger partial charge in [0.25, 0.3) is 5.91 Å². The zero-order valence-corrected chi connectivity index (χ0v) is 12.6. The van der Waals surface area contributed by atoms with E-state index in [9.17, 15) is 4.79 Å². The largest absolute Gasteiger partial charge is 0.382 e. The third-order valence-corrected chi connectivity index (χ3v) is 3.83. The van der Waals surface area contributed by atoms with Gasteiger partial charge in [-0.05, 0) is 25.0 Å². The summed E-state index contributed by atoms with van der Waals surface area (Å²) in [5, 5.41) is 11.0. The number of halogens is 1. The highest BCUT2D eigenvalue weighted by Gasteiger charge is 2.21. The molecule has 1 aromatic heterocycles. The number of carbonyl (C=O) groups is 1. The third-order valence-electron chi connectivity index (χ3n) is 3.51. The number of rotatable bonds is 4. The van der Waals surface area contributed by atoms with E-state index in [1.54, 1.807) is 24.3 Å². The number of amides is 1. The van der Waals surface area contributed by atoms with Crippen LogP contribution < -0.4 is 11.1 Å². The lowest BCUT2D eigenvalue weighted by Crippen LogP contribution is -2.32. The van der Waals surface area contributed by atoms with Gasteiger partial charge >= 0.3 is 0 Å². The molecule has 0 radical (unpaired) electrons. The smallest absolute Gasteiger partial charge is 0.275 e. The van der Waals surface area contributed by atoms with Crippen LogP contribution in [0.2, 0.25) is 5.02 Å². The summed E-state index contributed by atoms with van der Waals surface area (Å²) in [6.07, 6.45) is 2.02. The van der Waals surface area contributed by atoms with E-state index >= 15 is 0 Å². The highest BCUT2D eigenvalue weighted by molar-refractivity contribution is 6.32. The first-order valence-electron chi connectivity index (χ1n) is 7.02. The van der Waals surface area contributed by atoms with Crippen molar-refractivity contribution in [2.24, 2.45) is 0 Å². The van der Waals surface area contributed by atoms with Crippen LogP contribution in [0.5, 0.6) is 0 Å². The topological polar surface area (TPSA) is 95.1 Å². The number of hydrogen-bond donors (Lipinski definition) is 2. The maximum atomic E-state index is 12.2. The fourth-order valence-electron chi connectivity index (χ4n) is 2.35. The Hall–Kier alpha value is -2.12. The number of benzene rings is 1. The number of nitrogens with two attached hydrogens (primary N) is 1. The number of carbonyl (C=O) groups excluding carboxylic acids is 1. The Balaban J connectivity index is 1.75. The molecule has 1 aliphatic heterocycles. The van der Waals surface area contributed by atoms with E-state index in [4.69, 9.17) is 22.1 Å². The summed E-state index contributed by atoms with van der Waals surface area (Å²) in [4.78, 5) is 12.2. The maximum Gasteiger partial charge on any atom is 0.275 e. The second kappa shape index (κ2) is 6.33. The molecule has 1 aromatic carbocycles. The van der Waals surface area contributed by atoms with E-state index in [1.165, 1.54) is 4.68 Å². The van der Waals surface area contributed by atoms with Crippen LogP contribution in [0.4, 0.5) is 5.82 Å². The van der Waals surface area contributed by atoms with Gasteiger partial charge in [-0.25, -0.2) is 0 Å². The standard InChI is InChI=1S/C14H16ClN5O2/c15-10-5-1-2-6-11(10)20-13(16)12(18-19-20)14(21)17-8-9-4-3-7-22-9/h1-2,5-6,9H,3-4,7-8,16H2,(H,17,21). The Bertz CT molecular complexity index is 682. The van der Waals surface area contributed by atoms with Gasteiger partial charge in [0.05, 0.1) is 16.8 Å². The molecule has 1 aliphatic rings. The molecule has 1 amide bonds. The number of anilines is 1. The molecule has 2 aromatic rings. The Kier molecular flexibility index (Phi) is 4.26. The van der Waals surface area contributed by atoms with E-state index in [-0.39, 0.29) is 23.5 Å². The second-order valence-electron chi connectivity index (χ2n) is 5.03. The van der Waals surface area contributed by atoms with Gasteiger partial charge in [-0.2, -0.15) is 4.68 Å². The van der Waals surface area contributed by atoms with Crippen LogP contribution in [0.25, 0.3) is 5.69 Å². The molecule has 0 spiro atoms. The Morgan fingerprint density at radius 1 is 1.50 bits per heavy atom. The van der Waals surface area contributed by atoms with E-state index in [1.807, 2.05) is 0 Å². The molecule has 7 nitrogen and oxygen atoms in total. The average Bonchev–Trinajstić information content (AvgIpc) is 3.15. The van der Waals surface area contributed by atoms with Crippen LogP contribution in [0.15, 0.2) is 24.3 Å². The van der Waals surface area contributed by atoms with Crippen molar-refractivity contribution >= 4 is 23.3 Å². The second-order valence-corrected chi connectivity index (χ2v) is 5.44. The van der Waals surface area contributed by atoms with Gasteiger partial charge < -0.3 is 15.8 Å². The molecule has 0 saturated carbocycles. The van der Waals surface area contributed by atoms with Crippen molar-refractivity contribution in [1.29, 1.82) is 0 Å². The number of nitrogen functional groups attached to an aromatic ring is 1. The SMILES string of the molecule is Nc1c(C(=O)NCC2CCCO2)nnn1-c1ccccc1Cl. The summed E-state index contributed by atoms with van der Waals surface area (Å²) in [7, 11) is 0. The number of ether oxygens (including phenoxy) is 1. The fourth-order valence-corrected chi connectivity index (χ4v) is 2.56. The van der Waals surface area contributed by atoms with Crippen LogP contribution in [0, 0.1) is 0 Å². The lowest BCUT2D eigenvalue weighted by Gasteiger charge is -2.10. The lowest BCUT2D eigenvalue weighted by molar-refractivity contribution is 0.0854. The fraction of sp³-hybridized carbons (Fsp3) is 0.357. The quantitative estimate of drug-likeness (QED) is 0.887. The summed E-state index contributed by atoms with van der Waals surface area (Å²) in [5.41, 5.74) is 6.63. The van der Waals surface area contributed by atoms with Gasteiger partial charge in [0.1, 0.15) is 0 Å². The monoisotopic (exact) mass is 321 g/mol. The number of aromatic nitrogens is 3. The predicted octanol–water partition coefficient (Wildman–Crippen LogP) is 1.41. The third kappa shape index (κ3) is 2.90. The lowest BCUT2D eigenvalue weighted by atomic mass is 10.2. The Morgan fingerprint density at radius 2 is 2.32 bits per heavy atom. The number of nitrogens with one attached hydrogen (secondary N) is 1. The van der Waals surface area contributed by atoms with Gasteiger partial charge in [-0.3, -0.25) is 4.79 Å². The summed E-state index contributed by atoms with van der Waals surface area (Å²) < 4.78 is 6.81. The summed E-state index contributed by atoms with van der Waals surface area (Å²) >= 11 is 6.11. The molecule has 116 valence electrons. The molecule has 3 N–H and O–H groups in total. The number of hydrogen-bond acceptors (Lipinski definition) is 5. The van der Waals surface area contributed by atoms with Crippen molar-refractivity contribution in [3.8, 4) is 5.69 Å². The van der Waals surface area contributed by atoms with E-state index in [0.29, 0.717) is 17.3 Å². The molecule has 2 heterocycles. The van der Waals surface area contributed by atoms with Crippen LogP contribution in [0.1, 0.15) is 23.3 Å². The molecular weight excluding hydrogens is 306 g/mol. The zero-order chi connectivity index (χ0) is 15.5. The molecule has 1 fully saturated rings. The van der Waals surface area contributed by atoms with Gasteiger partial charge in [-0.15, -0.1) is 5.10 Å². The molecule has 1 saturated heterocycles. The van der Waals surface area contributed by atoms with Crippen LogP contribution in [0.3, 0.4) is 0 Å². The first-order chi connectivity index (χ1) is 10.7. The number of nitrogens with zero attached hydrogens (tertiary/aromatic N) is 3. The Labute approximate surface area is 132 Å². The minimum Gasteiger partial charge on any atom is -0.382 e. The van der Waals surface area contributed by atoms with Gasteiger partial charge in [0, 0.05) is 13.2 Å². The maximum absolute atomic E-state index is 12.2.